The van der Waals surface area contributed by atoms with Crippen molar-refractivity contribution in [2.24, 2.45) is 0 Å². The molecule has 8 aromatic rings. The molecule has 1 aromatic heterocycles. The number of hydrogen-bond donors (Lipinski definition) is 0. The second kappa shape index (κ2) is 10.1. The van der Waals surface area contributed by atoms with Crippen LogP contribution in [0.1, 0.15) is 0 Å². The van der Waals surface area contributed by atoms with E-state index in [1.165, 1.54) is 21.9 Å². The average Bonchev–Trinajstić information content (AvgIpc) is 3.44. The molecule has 0 fully saturated rings. The van der Waals surface area contributed by atoms with Crippen LogP contribution in [0.4, 0.5) is 17.1 Å². The van der Waals surface area contributed by atoms with Gasteiger partial charge in [0.1, 0.15) is 11.2 Å². The lowest BCUT2D eigenvalue weighted by Gasteiger charge is -2.28. The highest BCUT2D eigenvalue weighted by molar-refractivity contribution is 6.06. The Balaban J connectivity index is 1.30. The Bertz CT molecular complexity index is 2190. The standard InChI is InChI=1S/C40H27NO/c1-2-10-28(11-3-1)30-18-22-33(23-19-30)41(34-24-20-29-12-4-5-13-31(29)26-34)38-16-8-6-14-35(38)32-21-25-37-36-15-7-9-17-39(36)42-40(37)27-32/h1-27H. The zero-order valence-electron chi connectivity index (χ0n) is 22.9. The smallest absolute Gasteiger partial charge is 0.136 e. The molecule has 0 saturated heterocycles. The zero-order valence-corrected chi connectivity index (χ0v) is 22.9. The third kappa shape index (κ3) is 4.22. The van der Waals surface area contributed by atoms with E-state index in [0.29, 0.717) is 0 Å². The third-order valence-corrected chi connectivity index (χ3v) is 8.06. The van der Waals surface area contributed by atoms with Gasteiger partial charge in [0.2, 0.25) is 0 Å². The minimum Gasteiger partial charge on any atom is -0.456 e. The lowest BCUT2D eigenvalue weighted by molar-refractivity contribution is 0.669. The van der Waals surface area contributed by atoms with Crippen molar-refractivity contribution in [2.45, 2.75) is 0 Å². The van der Waals surface area contributed by atoms with Crippen molar-refractivity contribution in [1.29, 1.82) is 0 Å². The molecule has 42 heavy (non-hydrogen) atoms. The average molecular weight is 538 g/mol. The minimum absolute atomic E-state index is 0.896. The first-order valence-corrected chi connectivity index (χ1v) is 14.3. The van der Waals surface area contributed by atoms with E-state index in [0.717, 1.165) is 50.1 Å². The van der Waals surface area contributed by atoms with Crippen molar-refractivity contribution in [3.05, 3.63) is 164 Å². The summed E-state index contributed by atoms with van der Waals surface area (Å²) in [6.07, 6.45) is 0. The second-order valence-electron chi connectivity index (χ2n) is 10.6. The largest absolute Gasteiger partial charge is 0.456 e. The summed E-state index contributed by atoms with van der Waals surface area (Å²) in [7, 11) is 0. The molecule has 0 aliphatic heterocycles. The summed E-state index contributed by atoms with van der Waals surface area (Å²) >= 11 is 0. The Morgan fingerprint density at radius 2 is 1.02 bits per heavy atom. The van der Waals surface area contributed by atoms with Gasteiger partial charge in [0.05, 0.1) is 5.69 Å². The van der Waals surface area contributed by atoms with E-state index in [1.807, 2.05) is 12.1 Å². The van der Waals surface area contributed by atoms with Crippen molar-refractivity contribution in [3.8, 4) is 22.3 Å². The van der Waals surface area contributed by atoms with Gasteiger partial charge in [-0.1, -0.05) is 115 Å². The van der Waals surface area contributed by atoms with Crippen LogP contribution in [0, 0.1) is 0 Å². The molecular formula is C40H27NO. The summed E-state index contributed by atoms with van der Waals surface area (Å²) in [5.41, 5.74) is 9.78. The molecule has 7 aromatic carbocycles. The summed E-state index contributed by atoms with van der Waals surface area (Å²) in [5, 5.41) is 4.71. The molecule has 2 nitrogen and oxygen atoms in total. The SMILES string of the molecule is c1ccc(-c2ccc(N(c3ccc4ccccc4c3)c3ccccc3-c3ccc4c(c3)oc3ccccc34)cc2)cc1. The van der Waals surface area contributed by atoms with Gasteiger partial charge >= 0.3 is 0 Å². The van der Waals surface area contributed by atoms with E-state index in [2.05, 4.69) is 157 Å². The van der Waals surface area contributed by atoms with Crippen LogP contribution in [0.5, 0.6) is 0 Å². The zero-order chi connectivity index (χ0) is 27.9. The normalized spacial score (nSPS) is 11.3. The predicted molar refractivity (Wildman–Crippen MR) is 177 cm³/mol. The highest BCUT2D eigenvalue weighted by Crippen LogP contribution is 2.43. The Hall–Kier alpha value is -5.60. The van der Waals surface area contributed by atoms with Crippen molar-refractivity contribution in [1.82, 2.24) is 0 Å². The first-order valence-electron chi connectivity index (χ1n) is 14.3. The maximum absolute atomic E-state index is 6.27. The molecule has 0 saturated carbocycles. The van der Waals surface area contributed by atoms with E-state index in [1.54, 1.807) is 0 Å². The summed E-state index contributed by atoms with van der Waals surface area (Å²) in [6, 6.07) is 58.0. The Morgan fingerprint density at radius 1 is 0.381 bits per heavy atom. The molecule has 2 heteroatoms. The van der Waals surface area contributed by atoms with Gasteiger partial charge in [-0.05, 0) is 76.0 Å². The van der Waals surface area contributed by atoms with Crippen LogP contribution >= 0.6 is 0 Å². The fourth-order valence-electron chi connectivity index (χ4n) is 5.98. The highest BCUT2D eigenvalue weighted by Gasteiger charge is 2.18. The van der Waals surface area contributed by atoms with Crippen molar-refractivity contribution in [3.63, 3.8) is 0 Å². The molecule has 0 amide bonds. The van der Waals surface area contributed by atoms with Crippen LogP contribution in [0.15, 0.2) is 168 Å². The van der Waals surface area contributed by atoms with Crippen molar-refractivity contribution in [2.75, 3.05) is 4.90 Å². The summed E-state index contributed by atoms with van der Waals surface area (Å²) in [4.78, 5) is 2.36. The van der Waals surface area contributed by atoms with Crippen LogP contribution in [0.25, 0.3) is 55.0 Å². The van der Waals surface area contributed by atoms with E-state index < -0.39 is 0 Å². The number of benzene rings is 7. The van der Waals surface area contributed by atoms with Gasteiger partial charge in [-0.15, -0.1) is 0 Å². The van der Waals surface area contributed by atoms with Crippen LogP contribution < -0.4 is 4.90 Å². The molecule has 0 spiro atoms. The number of rotatable bonds is 5. The Kier molecular flexibility index (Phi) is 5.82. The molecule has 0 N–H and O–H groups in total. The summed E-state index contributed by atoms with van der Waals surface area (Å²) < 4.78 is 6.27. The highest BCUT2D eigenvalue weighted by atomic mass is 16.3. The van der Waals surface area contributed by atoms with Gasteiger partial charge in [0.25, 0.3) is 0 Å². The number of para-hydroxylation sites is 2. The fraction of sp³-hybridized carbons (Fsp3) is 0. The fourth-order valence-corrected chi connectivity index (χ4v) is 5.98. The van der Waals surface area contributed by atoms with Gasteiger partial charge in [-0.2, -0.15) is 0 Å². The summed E-state index contributed by atoms with van der Waals surface area (Å²) in [6.45, 7) is 0. The molecule has 8 rings (SSSR count). The molecule has 0 bridgehead atoms. The van der Waals surface area contributed by atoms with Gasteiger partial charge in [-0.25, -0.2) is 0 Å². The summed E-state index contributed by atoms with van der Waals surface area (Å²) in [5.74, 6) is 0. The lowest BCUT2D eigenvalue weighted by Crippen LogP contribution is -2.11. The maximum atomic E-state index is 6.27. The minimum atomic E-state index is 0.896. The van der Waals surface area contributed by atoms with Gasteiger partial charge in [-0.3, -0.25) is 0 Å². The quantitative estimate of drug-likeness (QED) is 0.217. The van der Waals surface area contributed by atoms with Gasteiger partial charge < -0.3 is 9.32 Å². The second-order valence-corrected chi connectivity index (χ2v) is 10.6. The molecule has 1 heterocycles. The third-order valence-electron chi connectivity index (χ3n) is 8.06. The van der Waals surface area contributed by atoms with E-state index in [9.17, 15) is 0 Å². The molecule has 198 valence electrons. The van der Waals surface area contributed by atoms with Gasteiger partial charge in [0.15, 0.2) is 0 Å². The first kappa shape index (κ1) is 24.2. The molecule has 0 unspecified atom stereocenters. The predicted octanol–water partition coefficient (Wildman–Crippen LogP) is 11.5. The number of furan rings is 1. The van der Waals surface area contributed by atoms with Crippen LogP contribution in [0.2, 0.25) is 0 Å². The van der Waals surface area contributed by atoms with Crippen molar-refractivity contribution < 1.29 is 4.42 Å². The first-order chi connectivity index (χ1) is 20.8. The number of hydrogen-bond acceptors (Lipinski definition) is 2. The molecule has 0 aliphatic rings. The lowest BCUT2D eigenvalue weighted by atomic mass is 9.99. The maximum Gasteiger partial charge on any atom is 0.136 e. The number of anilines is 3. The van der Waals surface area contributed by atoms with Crippen LogP contribution in [-0.2, 0) is 0 Å². The number of fused-ring (bicyclic) bond motifs is 4. The molecule has 0 radical (unpaired) electrons. The Labute approximate surface area is 244 Å². The molecular weight excluding hydrogens is 510 g/mol. The van der Waals surface area contributed by atoms with Crippen molar-refractivity contribution >= 4 is 49.8 Å². The molecule has 0 aliphatic carbocycles. The van der Waals surface area contributed by atoms with Crippen LogP contribution in [0.3, 0.4) is 0 Å². The topological polar surface area (TPSA) is 16.4 Å². The van der Waals surface area contributed by atoms with E-state index >= 15 is 0 Å². The molecule has 0 atom stereocenters. The van der Waals surface area contributed by atoms with E-state index in [4.69, 9.17) is 4.42 Å². The Morgan fingerprint density at radius 3 is 1.90 bits per heavy atom. The van der Waals surface area contributed by atoms with Gasteiger partial charge in [0, 0.05) is 27.7 Å². The van der Waals surface area contributed by atoms with Crippen LogP contribution in [-0.4, -0.2) is 0 Å². The van der Waals surface area contributed by atoms with E-state index in [-0.39, 0.29) is 0 Å². The number of nitrogens with zero attached hydrogens (tertiary/aromatic N) is 1. The monoisotopic (exact) mass is 537 g/mol.